The Hall–Kier alpha value is -1.59. The SMILES string of the molecule is OC(CCl)(Cc1ccc(F)cc1)c1cc(F)c(F)c(F)c1. The van der Waals surface area contributed by atoms with Gasteiger partial charge in [-0.1, -0.05) is 12.1 Å². The van der Waals surface area contributed by atoms with Gasteiger partial charge in [0, 0.05) is 6.42 Å². The van der Waals surface area contributed by atoms with E-state index in [1.807, 2.05) is 0 Å². The smallest absolute Gasteiger partial charge is 0.194 e. The normalized spacial score (nSPS) is 14.0. The summed E-state index contributed by atoms with van der Waals surface area (Å²) in [4.78, 5) is 0. The lowest BCUT2D eigenvalue weighted by Gasteiger charge is -2.26. The van der Waals surface area contributed by atoms with Crippen LogP contribution >= 0.6 is 11.6 Å². The maximum Gasteiger partial charge on any atom is 0.194 e. The Morgan fingerprint density at radius 1 is 0.952 bits per heavy atom. The van der Waals surface area contributed by atoms with Crippen molar-refractivity contribution in [3.05, 3.63) is 70.8 Å². The molecule has 0 spiro atoms. The maximum atomic E-state index is 13.3. The molecule has 0 aliphatic heterocycles. The average Bonchev–Trinajstić information content (AvgIpc) is 2.46. The molecule has 0 saturated heterocycles. The van der Waals surface area contributed by atoms with E-state index in [0.717, 1.165) is 0 Å². The molecule has 1 N–H and O–H groups in total. The third-order valence-electron chi connectivity index (χ3n) is 3.15. The molecule has 0 amide bonds. The molecular weight excluding hydrogens is 308 g/mol. The lowest BCUT2D eigenvalue weighted by atomic mass is 9.88. The van der Waals surface area contributed by atoms with Crippen molar-refractivity contribution >= 4 is 11.6 Å². The molecule has 0 aliphatic carbocycles. The molecule has 2 aromatic carbocycles. The summed E-state index contributed by atoms with van der Waals surface area (Å²) in [5, 5.41) is 10.5. The second-order valence-electron chi connectivity index (χ2n) is 4.72. The van der Waals surface area contributed by atoms with E-state index in [9.17, 15) is 22.7 Å². The Balaban J connectivity index is 2.38. The summed E-state index contributed by atoms with van der Waals surface area (Å²) < 4.78 is 52.4. The van der Waals surface area contributed by atoms with E-state index < -0.39 is 28.9 Å². The first-order valence-corrected chi connectivity index (χ1v) is 6.57. The highest BCUT2D eigenvalue weighted by Crippen LogP contribution is 2.29. The first kappa shape index (κ1) is 15.8. The van der Waals surface area contributed by atoms with Crippen molar-refractivity contribution in [2.75, 3.05) is 5.88 Å². The van der Waals surface area contributed by atoms with Crippen LogP contribution in [-0.2, 0) is 12.0 Å². The van der Waals surface area contributed by atoms with E-state index >= 15 is 0 Å². The van der Waals surface area contributed by atoms with E-state index in [1.165, 1.54) is 24.3 Å². The quantitative estimate of drug-likeness (QED) is 0.515. The third-order valence-corrected chi connectivity index (χ3v) is 3.59. The van der Waals surface area contributed by atoms with Gasteiger partial charge in [0.1, 0.15) is 11.4 Å². The fourth-order valence-corrected chi connectivity index (χ4v) is 2.24. The molecular formula is C15H11ClF4O. The second-order valence-corrected chi connectivity index (χ2v) is 4.99. The van der Waals surface area contributed by atoms with E-state index in [1.54, 1.807) is 0 Å². The Labute approximate surface area is 123 Å². The molecule has 0 aromatic heterocycles. The monoisotopic (exact) mass is 318 g/mol. The fourth-order valence-electron chi connectivity index (χ4n) is 1.99. The van der Waals surface area contributed by atoms with Gasteiger partial charge in [0.2, 0.25) is 0 Å². The lowest BCUT2D eigenvalue weighted by Crippen LogP contribution is -2.31. The highest BCUT2D eigenvalue weighted by Gasteiger charge is 2.31. The molecule has 6 heteroatoms. The zero-order valence-electron chi connectivity index (χ0n) is 10.7. The van der Waals surface area contributed by atoms with Crippen LogP contribution in [0.1, 0.15) is 11.1 Å². The predicted octanol–water partition coefficient (Wildman–Crippen LogP) is 3.91. The number of halogens is 5. The molecule has 0 saturated carbocycles. The molecule has 0 aliphatic rings. The van der Waals surface area contributed by atoms with Crippen LogP contribution in [0.4, 0.5) is 17.6 Å². The van der Waals surface area contributed by atoms with Gasteiger partial charge in [0.15, 0.2) is 17.5 Å². The van der Waals surface area contributed by atoms with Gasteiger partial charge in [-0.2, -0.15) is 0 Å². The molecule has 0 radical (unpaired) electrons. The van der Waals surface area contributed by atoms with E-state index in [2.05, 4.69) is 0 Å². The van der Waals surface area contributed by atoms with E-state index in [4.69, 9.17) is 11.6 Å². The zero-order chi connectivity index (χ0) is 15.6. The Morgan fingerprint density at radius 2 is 1.48 bits per heavy atom. The summed E-state index contributed by atoms with van der Waals surface area (Å²) in [5.74, 6) is -5.25. The summed E-state index contributed by atoms with van der Waals surface area (Å²) in [6.07, 6.45) is -0.0959. The summed E-state index contributed by atoms with van der Waals surface area (Å²) in [6.45, 7) is 0. The van der Waals surface area contributed by atoms with Crippen molar-refractivity contribution in [3.8, 4) is 0 Å². The van der Waals surface area contributed by atoms with Gasteiger partial charge >= 0.3 is 0 Å². The minimum absolute atomic E-state index is 0.0959. The number of hydrogen-bond acceptors (Lipinski definition) is 1. The predicted molar refractivity (Wildman–Crippen MR) is 71.0 cm³/mol. The standard InChI is InChI=1S/C15H11ClF4O/c16-8-15(21,7-9-1-3-11(17)4-2-9)10-5-12(18)14(20)13(19)6-10/h1-6,21H,7-8H2. The molecule has 112 valence electrons. The molecule has 0 fully saturated rings. The molecule has 21 heavy (non-hydrogen) atoms. The number of hydrogen-bond donors (Lipinski definition) is 1. The van der Waals surface area contributed by atoms with E-state index in [0.29, 0.717) is 17.7 Å². The summed E-state index contributed by atoms with van der Waals surface area (Å²) in [5.41, 5.74) is -1.46. The first-order chi connectivity index (χ1) is 9.85. The van der Waals surface area contributed by atoms with Crippen LogP contribution in [0.15, 0.2) is 36.4 Å². The molecule has 2 aromatic rings. The van der Waals surface area contributed by atoms with Crippen LogP contribution < -0.4 is 0 Å². The number of rotatable bonds is 4. The highest BCUT2D eigenvalue weighted by atomic mass is 35.5. The number of alkyl halides is 1. The average molecular weight is 319 g/mol. The molecule has 1 atom stereocenters. The lowest BCUT2D eigenvalue weighted by molar-refractivity contribution is 0.0605. The van der Waals surface area contributed by atoms with Crippen LogP contribution in [0.5, 0.6) is 0 Å². The van der Waals surface area contributed by atoms with Gasteiger partial charge in [-0.15, -0.1) is 11.6 Å². The number of benzene rings is 2. The number of aliphatic hydroxyl groups is 1. The van der Waals surface area contributed by atoms with Crippen molar-refractivity contribution in [3.63, 3.8) is 0 Å². The van der Waals surface area contributed by atoms with E-state index in [-0.39, 0.29) is 17.9 Å². The molecule has 0 heterocycles. The second kappa shape index (κ2) is 6.03. The maximum absolute atomic E-state index is 13.3. The summed E-state index contributed by atoms with van der Waals surface area (Å²) >= 11 is 5.71. The van der Waals surface area contributed by atoms with Gasteiger partial charge in [-0.25, -0.2) is 17.6 Å². The van der Waals surface area contributed by atoms with Gasteiger partial charge in [0.25, 0.3) is 0 Å². The van der Waals surface area contributed by atoms with Gasteiger partial charge in [-0.05, 0) is 35.4 Å². The summed E-state index contributed by atoms with van der Waals surface area (Å²) in [6, 6.07) is 6.62. The minimum atomic E-state index is -1.80. The van der Waals surface area contributed by atoms with Crippen molar-refractivity contribution in [2.24, 2.45) is 0 Å². The molecule has 1 nitrogen and oxygen atoms in total. The Kier molecular flexibility index (Phi) is 4.54. The van der Waals surface area contributed by atoms with Crippen molar-refractivity contribution in [1.29, 1.82) is 0 Å². The van der Waals surface area contributed by atoms with Crippen LogP contribution in [0, 0.1) is 23.3 Å². The molecule has 0 bridgehead atoms. The molecule has 1 unspecified atom stereocenters. The molecule has 2 rings (SSSR count). The van der Waals surface area contributed by atoms with Crippen LogP contribution in [0.2, 0.25) is 0 Å². The van der Waals surface area contributed by atoms with Crippen molar-refractivity contribution in [1.82, 2.24) is 0 Å². The Bertz CT molecular complexity index is 622. The largest absolute Gasteiger partial charge is 0.384 e. The van der Waals surface area contributed by atoms with Crippen molar-refractivity contribution < 1.29 is 22.7 Å². The highest BCUT2D eigenvalue weighted by molar-refractivity contribution is 6.18. The van der Waals surface area contributed by atoms with Gasteiger partial charge in [-0.3, -0.25) is 0 Å². The van der Waals surface area contributed by atoms with Gasteiger partial charge in [0.05, 0.1) is 5.88 Å². The topological polar surface area (TPSA) is 20.2 Å². The zero-order valence-corrected chi connectivity index (χ0v) is 11.5. The Morgan fingerprint density at radius 3 is 1.95 bits per heavy atom. The fraction of sp³-hybridized carbons (Fsp3) is 0.200. The summed E-state index contributed by atoms with van der Waals surface area (Å²) in [7, 11) is 0. The van der Waals surface area contributed by atoms with Crippen LogP contribution in [0.3, 0.4) is 0 Å². The van der Waals surface area contributed by atoms with Crippen LogP contribution in [0.25, 0.3) is 0 Å². The van der Waals surface area contributed by atoms with Crippen molar-refractivity contribution in [2.45, 2.75) is 12.0 Å². The third kappa shape index (κ3) is 3.36. The minimum Gasteiger partial charge on any atom is -0.384 e. The van der Waals surface area contributed by atoms with Crippen LogP contribution in [-0.4, -0.2) is 11.0 Å². The van der Waals surface area contributed by atoms with Gasteiger partial charge < -0.3 is 5.11 Å². The first-order valence-electron chi connectivity index (χ1n) is 6.03.